The maximum absolute atomic E-state index is 13.4. The highest BCUT2D eigenvalue weighted by Gasteiger charge is 2.42. The van der Waals surface area contributed by atoms with Crippen molar-refractivity contribution in [3.05, 3.63) is 88.9 Å². The predicted molar refractivity (Wildman–Crippen MR) is 128 cm³/mol. The smallest absolute Gasteiger partial charge is 0.343 e. The van der Waals surface area contributed by atoms with Gasteiger partial charge in [0, 0.05) is 11.6 Å². The fourth-order valence-corrected chi connectivity index (χ4v) is 5.30. The molecule has 0 saturated carbocycles. The number of amides is 3. The number of carbonyl (C=O) groups excluding carboxylic acids is 2. The van der Waals surface area contributed by atoms with E-state index in [1.807, 2.05) is 6.92 Å². The molecule has 1 aliphatic rings. The molecule has 7 nitrogen and oxygen atoms in total. The number of carbonyl (C=O) groups is 2. The van der Waals surface area contributed by atoms with Crippen molar-refractivity contribution in [3.8, 4) is 0 Å². The first-order valence-corrected chi connectivity index (χ1v) is 12.2. The number of nitrogens with zero attached hydrogens (tertiary/aromatic N) is 2. The highest BCUT2D eigenvalue weighted by atomic mass is 35.5. The van der Waals surface area contributed by atoms with Crippen molar-refractivity contribution in [1.29, 1.82) is 0 Å². The van der Waals surface area contributed by atoms with Crippen LogP contribution in [0.25, 0.3) is 0 Å². The van der Waals surface area contributed by atoms with Gasteiger partial charge in [-0.05, 0) is 53.9 Å². The molecular formula is C24H22ClN3O4S. The molecule has 9 heteroatoms. The van der Waals surface area contributed by atoms with Gasteiger partial charge in [-0.25, -0.2) is 13.2 Å². The predicted octanol–water partition coefficient (Wildman–Crippen LogP) is 4.35. The van der Waals surface area contributed by atoms with Gasteiger partial charge in [0.2, 0.25) is 5.91 Å². The molecule has 33 heavy (non-hydrogen) atoms. The fourth-order valence-electron chi connectivity index (χ4n) is 3.58. The number of anilines is 2. The Balaban J connectivity index is 1.63. The van der Waals surface area contributed by atoms with Crippen LogP contribution in [0.1, 0.15) is 18.1 Å². The van der Waals surface area contributed by atoms with Crippen LogP contribution in [0.15, 0.2) is 77.7 Å². The Morgan fingerprint density at radius 1 is 0.939 bits per heavy atom. The van der Waals surface area contributed by atoms with Gasteiger partial charge in [0.25, 0.3) is 10.0 Å². The molecule has 1 heterocycles. The molecular weight excluding hydrogens is 462 g/mol. The van der Waals surface area contributed by atoms with Gasteiger partial charge in [-0.1, -0.05) is 54.9 Å². The first kappa shape index (κ1) is 22.8. The summed E-state index contributed by atoms with van der Waals surface area (Å²) in [6.07, 6.45) is 0.781. The molecule has 3 aromatic rings. The van der Waals surface area contributed by atoms with E-state index in [1.54, 1.807) is 60.7 Å². The molecule has 0 aromatic heterocycles. The standard InChI is InChI=1S/C24H22ClN3O4S/c1-2-17-9-13-20(14-10-17)28-24(30)27(21-5-3-4-6-22(21)33(28,31)32)16-23(29)26-15-18-7-11-19(25)12-8-18/h3-14H,2,15-16H2,1H3,(H,26,29). The summed E-state index contributed by atoms with van der Waals surface area (Å²) < 4.78 is 27.4. The lowest BCUT2D eigenvalue weighted by Crippen LogP contribution is -2.53. The van der Waals surface area contributed by atoms with Gasteiger partial charge in [0.15, 0.2) is 0 Å². The van der Waals surface area contributed by atoms with Crippen molar-refractivity contribution in [3.63, 3.8) is 0 Å². The number of nitrogens with one attached hydrogen (secondary N) is 1. The van der Waals surface area contributed by atoms with E-state index in [4.69, 9.17) is 11.6 Å². The minimum Gasteiger partial charge on any atom is -0.350 e. The quantitative estimate of drug-likeness (QED) is 0.564. The van der Waals surface area contributed by atoms with Gasteiger partial charge in [-0.15, -0.1) is 0 Å². The minimum atomic E-state index is -4.13. The number of fused-ring (bicyclic) bond motifs is 1. The molecule has 3 aromatic carbocycles. The van der Waals surface area contributed by atoms with Crippen molar-refractivity contribution in [1.82, 2.24) is 5.32 Å². The van der Waals surface area contributed by atoms with Gasteiger partial charge in [-0.2, -0.15) is 4.31 Å². The van der Waals surface area contributed by atoms with E-state index in [0.29, 0.717) is 5.02 Å². The van der Waals surface area contributed by atoms with Crippen LogP contribution in [0.5, 0.6) is 0 Å². The summed E-state index contributed by atoms with van der Waals surface area (Å²) in [5.41, 5.74) is 2.25. The summed E-state index contributed by atoms with van der Waals surface area (Å²) >= 11 is 5.89. The number of halogens is 1. The van der Waals surface area contributed by atoms with Crippen LogP contribution < -0.4 is 14.5 Å². The molecule has 0 radical (unpaired) electrons. The summed E-state index contributed by atoms with van der Waals surface area (Å²) in [6, 6.07) is 19.1. The molecule has 0 aliphatic carbocycles. The summed E-state index contributed by atoms with van der Waals surface area (Å²) in [6.45, 7) is 1.90. The third-order valence-electron chi connectivity index (χ3n) is 5.36. The Morgan fingerprint density at radius 3 is 2.24 bits per heavy atom. The molecule has 170 valence electrons. The Bertz CT molecular complexity index is 1290. The number of urea groups is 1. The second-order valence-electron chi connectivity index (χ2n) is 7.53. The zero-order valence-electron chi connectivity index (χ0n) is 17.9. The van der Waals surface area contributed by atoms with Crippen LogP contribution in [0.4, 0.5) is 16.2 Å². The highest BCUT2D eigenvalue weighted by Crippen LogP contribution is 2.37. The number of aryl methyl sites for hydroxylation is 1. The van der Waals surface area contributed by atoms with E-state index in [-0.39, 0.29) is 29.4 Å². The molecule has 0 bridgehead atoms. The van der Waals surface area contributed by atoms with Crippen molar-refractivity contribution >= 4 is 44.9 Å². The van der Waals surface area contributed by atoms with E-state index in [1.165, 1.54) is 17.0 Å². The van der Waals surface area contributed by atoms with Crippen molar-refractivity contribution in [2.75, 3.05) is 15.7 Å². The minimum absolute atomic E-state index is 0.0327. The Kier molecular flexibility index (Phi) is 6.40. The lowest BCUT2D eigenvalue weighted by Gasteiger charge is -2.35. The maximum atomic E-state index is 13.4. The van der Waals surface area contributed by atoms with E-state index >= 15 is 0 Å². The summed E-state index contributed by atoms with van der Waals surface area (Å²) in [7, 11) is -4.13. The molecule has 0 spiro atoms. The number of sulfonamides is 1. The number of hydrogen-bond donors (Lipinski definition) is 1. The topological polar surface area (TPSA) is 86.8 Å². The second kappa shape index (κ2) is 9.25. The number of benzene rings is 3. The average molecular weight is 484 g/mol. The van der Waals surface area contributed by atoms with E-state index in [2.05, 4.69) is 5.32 Å². The second-order valence-corrected chi connectivity index (χ2v) is 9.72. The molecule has 0 unspecified atom stereocenters. The molecule has 1 aliphatic heterocycles. The summed E-state index contributed by atoms with van der Waals surface area (Å²) in [4.78, 5) is 27.2. The first-order valence-electron chi connectivity index (χ1n) is 10.4. The van der Waals surface area contributed by atoms with Gasteiger partial charge < -0.3 is 5.32 Å². The van der Waals surface area contributed by atoms with E-state index < -0.39 is 22.0 Å². The molecule has 3 amide bonds. The highest BCUT2D eigenvalue weighted by molar-refractivity contribution is 7.94. The molecule has 1 N–H and O–H groups in total. The van der Waals surface area contributed by atoms with E-state index in [9.17, 15) is 18.0 Å². The number of rotatable bonds is 6. The summed E-state index contributed by atoms with van der Waals surface area (Å²) in [5, 5.41) is 3.36. The number of para-hydroxylation sites is 1. The normalized spacial score (nSPS) is 14.7. The average Bonchev–Trinajstić information content (AvgIpc) is 2.82. The zero-order valence-corrected chi connectivity index (χ0v) is 19.4. The van der Waals surface area contributed by atoms with E-state index in [0.717, 1.165) is 21.9 Å². The lowest BCUT2D eigenvalue weighted by atomic mass is 10.1. The van der Waals surface area contributed by atoms with Gasteiger partial charge in [-0.3, -0.25) is 9.69 Å². The zero-order chi connectivity index (χ0) is 23.6. The number of hydrogen-bond acceptors (Lipinski definition) is 4. The van der Waals surface area contributed by atoms with Crippen molar-refractivity contribution < 1.29 is 18.0 Å². The van der Waals surface area contributed by atoms with Gasteiger partial charge in [0.1, 0.15) is 11.4 Å². The van der Waals surface area contributed by atoms with Crippen LogP contribution in [-0.4, -0.2) is 26.9 Å². The lowest BCUT2D eigenvalue weighted by molar-refractivity contribution is -0.119. The van der Waals surface area contributed by atoms with Crippen molar-refractivity contribution in [2.45, 2.75) is 24.8 Å². The van der Waals surface area contributed by atoms with Crippen LogP contribution in [0.2, 0.25) is 5.02 Å². The third kappa shape index (κ3) is 4.58. The SMILES string of the molecule is CCc1ccc(N2C(=O)N(CC(=O)NCc3ccc(Cl)cc3)c3ccccc3S2(=O)=O)cc1. The molecule has 0 atom stereocenters. The Labute approximate surface area is 197 Å². The molecule has 0 fully saturated rings. The van der Waals surface area contributed by atoms with Crippen LogP contribution in [-0.2, 0) is 27.8 Å². The van der Waals surface area contributed by atoms with Crippen LogP contribution in [0.3, 0.4) is 0 Å². The summed E-state index contributed by atoms with van der Waals surface area (Å²) in [5.74, 6) is -0.423. The van der Waals surface area contributed by atoms with Gasteiger partial charge in [0.05, 0.1) is 11.4 Å². The van der Waals surface area contributed by atoms with Crippen LogP contribution >= 0.6 is 11.6 Å². The largest absolute Gasteiger partial charge is 0.350 e. The Hall–Kier alpha value is -3.36. The van der Waals surface area contributed by atoms with Crippen molar-refractivity contribution in [2.24, 2.45) is 0 Å². The third-order valence-corrected chi connectivity index (χ3v) is 7.36. The monoisotopic (exact) mass is 483 g/mol. The van der Waals surface area contributed by atoms with Gasteiger partial charge >= 0.3 is 6.03 Å². The molecule has 0 saturated heterocycles. The molecule has 4 rings (SSSR count). The van der Waals surface area contributed by atoms with Crippen LogP contribution in [0, 0.1) is 0 Å². The Morgan fingerprint density at radius 2 is 1.58 bits per heavy atom. The fraction of sp³-hybridized carbons (Fsp3) is 0.167. The maximum Gasteiger partial charge on any atom is 0.343 e. The first-order chi connectivity index (χ1) is 15.8.